The summed E-state index contributed by atoms with van der Waals surface area (Å²) < 4.78 is 67.4. The SMILES string of the molecule is CC(C)(c1ccc(OCc2ccnc(NS(C)(=O)=O)n2)cc1)c1cc(C#N)c2ccc(Cl)cc2c1.CCCOc1c(Cl)cc2c(-c3ccc(OCc4ccnc(NS(C)(=O)=O)n4)cc3)cccc2c1C#N. The Morgan fingerprint density at radius 3 is 1.79 bits per heavy atom. The molecule has 2 heterocycles. The zero-order valence-corrected chi connectivity index (χ0v) is 42.2. The first-order valence-electron chi connectivity index (χ1n) is 21.8. The Kier molecular flexibility index (Phi) is 15.9. The van der Waals surface area contributed by atoms with Crippen LogP contribution >= 0.6 is 23.2 Å². The van der Waals surface area contributed by atoms with Crippen molar-refractivity contribution in [3.05, 3.63) is 171 Å². The van der Waals surface area contributed by atoms with Gasteiger partial charge in [-0.05, 0) is 105 Å². The molecule has 0 amide bonds. The molecular weight excluding hydrogens is 984 g/mol. The van der Waals surface area contributed by atoms with Crippen molar-refractivity contribution in [2.24, 2.45) is 0 Å². The molecule has 2 N–H and O–H groups in total. The normalized spacial score (nSPS) is 11.5. The fourth-order valence-electron chi connectivity index (χ4n) is 7.44. The number of fused-ring (bicyclic) bond motifs is 2. The zero-order chi connectivity index (χ0) is 50.9. The smallest absolute Gasteiger partial charge is 0.236 e. The molecule has 8 rings (SSSR count). The van der Waals surface area contributed by atoms with Gasteiger partial charge in [-0.25, -0.2) is 36.8 Å². The van der Waals surface area contributed by atoms with E-state index in [1.54, 1.807) is 18.2 Å². The number of hydrogen-bond donors (Lipinski definition) is 2. The van der Waals surface area contributed by atoms with Crippen molar-refractivity contribution in [2.75, 3.05) is 28.6 Å². The number of benzene rings is 6. The molecule has 0 aliphatic carbocycles. The van der Waals surface area contributed by atoms with Gasteiger partial charge in [-0.15, -0.1) is 0 Å². The van der Waals surface area contributed by atoms with Gasteiger partial charge in [-0.3, -0.25) is 9.44 Å². The predicted octanol–water partition coefficient (Wildman–Crippen LogP) is 11.0. The zero-order valence-electron chi connectivity index (χ0n) is 39.1. The van der Waals surface area contributed by atoms with Crippen molar-refractivity contribution >= 4 is 76.7 Å². The molecular formula is C52H46Cl2N8O7S2. The van der Waals surface area contributed by atoms with Gasteiger partial charge < -0.3 is 14.2 Å². The highest BCUT2D eigenvalue weighted by Gasteiger charge is 2.25. The number of nitrogens with one attached hydrogen (secondary N) is 2. The van der Waals surface area contributed by atoms with E-state index < -0.39 is 20.0 Å². The van der Waals surface area contributed by atoms with Crippen LogP contribution in [0.3, 0.4) is 0 Å². The number of anilines is 2. The third kappa shape index (κ3) is 13.2. The van der Waals surface area contributed by atoms with Gasteiger partial charge >= 0.3 is 0 Å². The molecule has 0 bridgehead atoms. The van der Waals surface area contributed by atoms with Gasteiger partial charge in [-0.1, -0.05) is 98.6 Å². The summed E-state index contributed by atoms with van der Waals surface area (Å²) in [6.45, 7) is 6.97. The third-order valence-electron chi connectivity index (χ3n) is 10.9. The van der Waals surface area contributed by atoms with Crippen LogP contribution in [0, 0.1) is 22.7 Å². The fourth-order valence-corrected chi connectivity index (χ4v) is 8.74. The van der Waals surface area contributed by atoms with Crippen LogP contribution in [0.1, 0.15) is 60.8 Å². The maximum atomic E-state index is 11.4. The summed E-state index contributed by atoms with van der Waals surface area (Å²) in [7, 11) is -6.93. The number of nitriles is 2. The number of sulfonamides is 2. The van der Waals surface area contributed by atoms with Crippen molar-refractivity contribution in [1.82, 2.24) is 19.9 Å². The summed E-state index contributed by atoms with van der Waals surface area (Å²) in [4.78, 5) is 16.1. The predicted molar refractivity (Wildman–Crippen MR) is 277 cm³/mol. The maximum absolute atomic E-state index is 11.4. The minimum atomic E-state index is -3.47. The Balaban J connectivity index is 0.000000209. The van der Waals surface area contributed by atoms with Gasteiger partial charge in [0.25, 0.3) is 0 Å². The molecule has 2 aromatic heterocycles. The lowest BCUT2D eigenvalue weighted by molar-refractivity contribution is 0.301. The molecule has 0 saturated heterocycles. The van der Waals surface area contributed by atoms with Crippen molar-refractivity contribution in [3.8, 4) is 40.5 Å². The van der Waals surface area contributed by atoms with E-state index in [0.29, 0.717) is 56.4 Å². The van der Waals surface area contributed by atoms with E-state index in [0.717, 1.165) is 62.7 Å². The molecule has 0 saturated carbocycles. The first-order valence-corrected chi connectivity index (χ1v) is 26.4. The number of hydrogen-bond acceptors (Lipinski definition) is 13. The lowest BCUT2D eigenvalue weighted by Crippen LogP contribution is -2.19. The van der Waals surface area contributed by atoms with Crippen LogP contribution in [0.5, 0.6) is 17.2 Å². The molecule has 6 aromatic carbocycles. The van der Waals surface area contributed by atoms with Crippen molar-refractivity contribution in [3.63, 3.8) is 0 Å². The maximum Gasteiger partial charge on any atom is 0.236 e. The molecule has 0 radical (unpaired) electrons. The second-order valence-electron chi connectivity index (χ2n) is 16.7. The second-order valence-corrected chi connectivity index (χ2v) is 21.0. The van der Waals surface area contributed by atoms with Gasteiger partial charge in [-0.2, -0.15) is 10.5 Å². The number of nitrogens with zero attached hydrogens (tertiary/aromatic N) is 6. The lowest BCUT2D eigenvalue weighted by atomic mass is 9.77. The molecule has 15 nitrogen and oxygen atoms in total. The fraction of sp³-hybridized carbons (Fsp3) is 0.192. The van der Waals surface area contributed by atoms with Crippen LogP contribution in [-0.2, 0) is 38.7 Å². The number of aromatic nitrogens is 4. The average molecular weight is 1030 g/mol. The highest BCUT2D eigenvalue weighted by Crippen LogP contribution is 2.40. The average Bonchev–Trinajstić information content (AvgIpc) is 3.33. The van der Waals surface area contributed by atoms with Gasteiger partial charge in [0.1, 0.15) is 36.3 Å². The molecule has 8 aromatic rings. The first kappa shape index (κ1) is 51.3. The monoisotopic (exact) mass is 1030 g/mol. The number of ether oxygens (including phenoxy) is 3. The van der Waals surface area contributed by atoms with E-state index in [1.807, 2.05) is 97.9 Å². The highest BCUT2D eigenvalue weighted by atomic mass is 35.5. The van der Waals surface area contributed by atoms with Crippen LogP contribution in [-0.4, -0.2) is 55.9 Å². The topological polar surface area (TPSA) is 219 Å². The van der Waals surface area contributed by atoms with E-state index in [4.69, 9.17) is 37.4 Å². The molecule has 0 spiro atoms. The minimum absolute atomic E-state index is 0.000826. The summed E-state index contributed by atoms with van der Waals surface area (Å²) in [5, 5.41) is 23.9. The molecule has 0 fully saturated rings. The quantitative estimate of drug-likeness (QED) is 0.0921. The Bertz CT molecular complexity index is 3570. The second kappa shape index (κ2) is 22.0. The standard InChI is InChI=1S/C26H23ClN4O4S.C26H23ClN4O3S/c1-3-13-34-25-23(15-28)21-6-4-5-20(22(21)14-24(25)27)17-7-9-19(10-8-17)35-16-18-11-12-29-26(30-18)31-36(2,32)33;1-26(2,20-12-17-14-21(27)6-9-24(17)18(13-20)15-28)19-4-7-23(8-5-19)34-16-22-10-11-29-25(30-22)31-35(3,32)33/h4-12,14H,3,13,16H2,1-2H3,(H,29,30,31);4-14H,16H2,1-3H3,(H,29,30,31). The van der Waals surface area contributed by atoms with E-state index in [-0.39, 0.29) is 30.5 Å². The largest absolute Gasteiger partial charge is 0.491 e. The minimum Gasteiger partial charge on any atom is -0.491 e. The van der Waals surface area contributed by atoms with E-state index in [9.17, 15) is 27.4 Å². The summed E-state index contributed by atoms with van der Waals surface area (Å²) in [5.74, 6) is 1.65. The molecule has 0 aliphatic rings. The van der Waals surface area contributed by atoms with Crippen LogP contribution in [0.25, 0.3) is 32.7 Å². The Hall–Kier alpha value is -7.54. The van der Waals surface area contributed by atoms with E-state index in [2.05, 4.69) is 61.4 Å². The molecule has 362 valence electrons. The molecule has 0 aliphatic heterocycles. The summed E-state index contributed by atoms with van der Waals surface area (Å²) in [6.07, 6.45) is 5.81. The Morgan fingerprint density at radius 2 is 1.24 bits per heavy atom. The Morgan fingerprint density at radius 1 is 0.648 bits per heavy atom. The lowest BCUT2D eigenvalue weighted by Gasteiger charge is -2.27. The third-order valence-corrected chi connectivity index (χ3v) is 12.5. The Labute approximate surface area is 422 Å². The van der Waals surface area contributed by atoms with Crippen molar-refractivity contribution < 1.29 is 31.0 Å². The molecule has 0 atom stereocenters. The van der Waals surface area contributed by atoms with Crippen LogP contribution in [0.2, 0.25) is 10.0 Å². The first-order chi connectivity index (χ1) is 33.8. The number of rotatable bonds is 16. The number of halogens is 2. The van der Waals surface area contributed by atoms with E-state index >= 15 is 0 Å². The van der Waals surface area contributed by atoms with Crippen LogP contribution in [0.4, 0.5) is 11.9 Å². The van der Waals surface area contributed by atoms with E-state index in [1.165, 1.54) is 12.4 Å². The van der Waals surface area contributed by atoms with Crippen LogP contribution in [0.15, 0.2) is 128 Å². The van der Waals surface area contributed by atoms with Crippen molar-refractivity contribution in [2.45, 2.75) is 45.8 Å². The summed E-state index contributed by atoms with van der Waals surface area (Å²) in [6, 6.07) is 40.2. The summed E-state index contributed by atoms with van der Waals surface area (Å²) >= 11 is 12.7. The van der Waals surface area contributed by atoms with Gasteiger partial charge in [0.15, 0.2) is 5.75 Å². The van der Waals surface area contributed by atoms with Gasteiger partial charge in [0.05, 0.1) is 47.2 Å². The van der Waals surface area contributed by atoms with Gasteiger partial charge in [0, 0.05) is 28.2 Å². The molecule has 19 heteroatoms. The van der Waals surface area contributed by atoms with Gasteiger partial charge in [0.2, 0.25) is 31.9 Å². The molecule has 71 heavy (non-hydrogen) atoms. The molecule has 0 unspecified atom stereocenters. The summed E-state index contributed by atoms with van der Waals surface area (Å²) in [5.41, 5.74) is 5.62. The highest BCUT2D eigenvalue weighted by molar-refractivity contribution is 7.92. The van der Waals surface area contributed by atoms with Crippen molar-refractivity contribution in [1.29, 1.82) is 10.5 Å². The van der Waals surface area contributed by atoms with Crippen LogP contribution < -0.4 is 23.7 Å².